The summed E-state index contributed by atoms with van der Waals surface area (Å²) in [7, 11) is 1.50. The zero-order valence-electron chi connectivity index (χ0n) is 8.38. The van der Waals surface area contributed by atoms with Crippen LogP contribution in [0.1, 0.15) is 12.8 Å². The molecule has 3 aliphatic heterocycles. The van der Waals surface area contributed by atoms with Gasteiger partial charge in [0.15, 0.2) is 6.10 Å². The SMILES string of the molecule is CN1C(=O)[C@H]2[C@H](ON3OCCC[C@@H]23)C1=O. The highest BCUT2D eigenvalue weighted by Crippen LogP contribution is 2.38. The molecule has 0 spiro atoms. The quantitative estimate of drug-likeness (QED) is 0.497. The highest BCUT2D eigenvalue weighted by molar-refractivity contribution is 6.06. The van der Waals surface area contributed by atoms with Gasteiger partial charge in [-0.3, -0.25) is 24.2 Å². The van der Waals surface area contributed by atoms with E-state index in [0.717, 1.165) is 17.7 Å². The first-order chi connectivity index (χ1) is 7.20. The van der Waals surface area contributed by atoms with E-state index in [9.17, 15) is 9.59 Å². The molecule has 3 atom stereocenters. The van der Waals surface area contributed by atoms with Crippen LogP contribution in [0.4, 0.5) is 0 Å². The molecule has 3 aliphatic rings. The number of carbonyl (C=O) groups is 2. The number of hydrogen-bond acceptors (Lipinski definition) is 5. The van der Waals surface area contributed by atoms with Crippen LogP contribution >= 0.6 is 0 Å². The van der Waals surface area contributed by atoms with Gasteiger partial charge in [0.05, 0.1) is 18.6 Å². The highest BCUT2D eigenvalue weighted by atomic mass is 17.0. The first kappa shape index (κ1) is 9.26. The summed E-state index contributed by atoms with van der Waals surface area (Å²) in [5, 5.41) is 1.35. The maximum absolute atomic E-state index is 11.8. The van der Waals surface area contributed by atoms with Crippen LogP contribution < -0.4 is 0 Å². The second-order valence-electron chi connectivity index (χ2n) is 4.12. The average molecular weight is 212 g/mol. The Bertz CT molecular complexity index is 332. The minimum atomic E-state index is -0.661. The molecule has 0 aliphatic carbocycles. The highest BCUT2D eigenvalue weighted by Gasteiger charge is 2.59. The van der Waals surface area contributed by atoms with Gasteiger partial charge in [-0.1, -0.05) is 5.23 Å². The second-order valence-corrected chi connectivity index (χ2v) is 4.12. The van der Waals surface area contributed by atoms with Crippen LogP contribution in [-0.4, -0.2) is 47.7 Å². The van der Waals surface area contributed by atoms with Crippen molar-refractivity contribution in [2.75, 3.05) is 13.7 Å². The van der Waals surface area contributed by atoms with Crippen LogP contribution in [0, 0.1) is 5.92 Å². The van der Waals surface area contributed by atoms with Crippen molar-refractivity contribution < 1.29 is 19.3 Å². The van der Waals surface area contributed by atoms with Crippen molar-refractivity contribution in [2.45, 2.75) is 25.0 Å². The van der Waals surface area contributed by atoms with E-state index in [1.165, 1.54) is 12.3 Å². The fourth-order valence-corrected chi connectivity index (χ4v) is 2.46. The number of likely N-dealkylation sites (tertiary alicyclic amines) is 1. The zero-order chi connectivity index (χ0) is 10.6. The molecule has 6 nitrogen and oxygen atoms in total. The minimum absolute atomic E-state index is 0.0925. The second kappa shape index (κ2) is 3.01. The van der Waals surface area contributed by atoms with Gasteiger partial charge in [0.1, 0.15) is 0 Å². The molecule has 82 valence electrons. The van der Waals surface area contributed by atoms with Crippen molar-refractivity contribution in [3.05, 3.63) is 0 Å². The molecule has 0 aromatic carbocycles. The number of carbonyl (C=O) groups excluding carboxylic acids is 2. The normalized spacial score (nSPS) is 40.9. The maximum atomic E-state index is 11.8. The van der Waals surface area contributed by atoms with E-state index in [1.54, 1.807) is 0 Å². The molecule has 3 fully saturated rings. The lowest BCUT2D eigenvalue weighted by Gasteiger charge is -2.28. The zero-order valence-corrected chi connectivity index (χ0v) is 8.38. The summed E-state index contributed by atoms with van der Waals surface area (Å²) in [6.45, 7) is 0.591. The van der Waals surface area contributed by atoms with Crippen molar-refractivity contribution in [3.8, 4) is 0 Å². The third kappa shape index (κ3) is 1.09. The Kier molecular flexibility index (Phi) is 1.86. The predicted molar refractivity (Wildman–Crippen MR) is 47.0 cm³/mol. The molecule has 0 aromatic heterocycles. The predicted octanol–water partition coefficient (Wildman–Crippen LogP) is -0.689. The van der Waals surface area contributed by atoms with Crippen molar-refractivity contribution in [1.29, 1.82) is 0 Å². The van der Waals surface area contributed by atoms with Crippen molar-refractivity contribution in [2.24, 2.45) is 5.92 Å². The lowest BCUT2D eigenvalue weighted by atomic mass is 9.93. The first-order valence-electron chi connectivity index (χ1n) is 5.10. The molecule has 0 N–H and O–H groups in total. The van der Waals surface area contributed by atoms with Crippen LogP contribution in [0.2, 0.25) is 0 Å². The maximum Gasteiger partial charge on any atom is 0.261 e. The number of fused-ring (bicyclic) bond motifs is 3. The van der Waals surface area contributed by atoms with Gasteiger partial charge in [-0.05, 0) is 12.8 Å². The van der Waals surface area contributed by atoms with Crippen molar-refractivity contribution >= 4 is 11.8 Å². The van der Waals surface area contributed by atoms with Gasteiger partial charge in [0, 0.05) is 7.05 Å². The van der Waals surface area contributed by atoms with E-state index in [-0.39, 0.29) is 23.8 Å². The summed E-state index contributed by atoms with van der Waals surface area (Å²) in [6.07, 6.45) is 1.08. The number of hydroxylamine groups is 2. The molecule has 3 saturated heterocycles. The largest absolute Gasteiger partial charge is 0.283 e. The average Bonchev–Trinajstić information content (AvgIpc) is 2.72. The number of amides is 2. The molecule has 0 bridgehead atoms. The molecule has 15 heavy (non-hydrogen) atoms. The Morgan fingerprint density at radius 3 is 2.93 bits per heavy atom. The van der Waals surface area contributed by atoms with E-state index >= 15 is 0 Å². The molecule has 3 rings (SSSR count). The minimum Gasteiger partial charge on any atom is -0.283 e. The summed E-state index contributed by atoms with van der Waals surface area (Å²) in [5.74, 6) is -0.784. The fourth-order valence-electron chi connectivity index (χ4n) is 2.46. The molecular formula is C9H12N2O4. The smallest absolute Gasteiger partial charge is 0.261 e. The molecule has 6 heteroatoms. The third-order valence-corrected chi connectivity index (χ3v) is 3.28. The third-order valence-electron chi connectivity index (χ3n) is 3.28. The Morgan fingerprint density at radius 1 is 1.33 bits per heavy atom. The Balaban J connectivity index is 1.92. The van der Waals surface area contributed by atoms with E-state index < -0.39 is 6.10 Å². The molecular weight excluding hydrogens is 200 g/mol. The van der Waals surface area contributed by atoms with Gasteiger partial charge in [-0.25, -0.2) is 0 Å². The van der Waals surface area contributed by atoms with Gasteiger partial charge in [0.25, 0.3) is 5.91 Å². The van der Waals surface area contributed by atoms with E-state index in [1.807, 2.05) is 0 Å². The Hall–Kier alpha value is -0.980. The molecule has 2 amide bonds. The summed E-state index contributed by atoms with van der Waals surface area (Å²) in [4.78, 5) is 35.2. The summed E-state index contributed by atoms with van der Waals surface area (Å²) < 4.78 is 0. The van der Waals surface area contributed by atoms with Crippen LogP contribution in [0.5, 0.6) is 0 Å². The van der Waals surface area contributed by atoms with Crippen LogP contribution in [0.15, 0.2) is 0 Å². The van der Waals surface area contributed by atoms with Gasteiger partial charge >= 0.3 is 0 Å². The first-order valence-corrected chi connectivity index (χ1v) is 5.10. The molecule has 0 radical (unpaired) electrons. The lowest BCUT2D eigenvalue weighted by Crippen LogP contribution is -2.41. The molecule has 3 heterocycles. The summed E-state index contributed by atoms with van der Waals surface area (Å²) >= 11 is 0. The monoisotopic (exact) mass is 212 g/mol. The standard InChI is InChI=1S/C9H12N2O4/c1-10-8(12)6-5-3-2-4-14-11(5)15-7(6)9(10)13/h5-7H,2-4H2,1H3/t5-,6+,7-/m0/s1. The number of nitrogens with zero attached hydrogens (tertiary/aromatic N) is 2. The van der Waals surface area contributed by atoms with Gasteiger partial charge in [-0.2, -0.15) is 0 Å². The van der Waals surface area contributed by atoms with Crippen molar-refractivity contribution in [3.63, 3.8) is 0 Å². The van der Waals surface area contributed by atoms with E-state index in [4.69, 9.17) is 9.68 Å². The van der Waals surface area contributed by atoms with Crippen LogP contribution in [0.3, 0.4) is 0 Å². The Morgan fingerprint density at radius 2 is 2.13 bits per heavy atom. The number of hydrogen-bond donors (Lipinski definition) is 0. The number of rotatable bonds is 0. The van der Waals surface area contributed by atoms with Crippen molar-refractivity contribution in [1.82, 2.24) is 10.1 Å². The lowest BCUT2D eigenvalue weighted by molar-refractivity contribution is -0.378. The van der Waals surface area contributed by atoms with Crippen LogP contribution in [0.25, 0.3) is 0 Å². The molecule has 0 saturated carbocycles. The number of imide groups is 1. The summed E-state index contributed by atoms with van der Waals surface area (Å²) in [5.41, 5.74) is 0. The Labute approximate surface area is 86.6 Å². The van der Waals surface area contributed by atoms with E-state index in [2.05, 4.69) is 0 Å². The van der Waals surface area contributed by atoms with Gasteiger partial charge in [-0.15, -0.1) is 0 Å². The van der Waals surface area contributed by atoms with Crippen LogP contribution in [-0.2, 0) is 19.3 Å². The number of likely N-dealkylation sites (N-methyl/N-ethyl adjacent to an activating group) is 1. The van der Waals surface area contributed by atoms with E-state index in [0.29, 0.717) is 6.61 Å². The fraction of sp³-hybridized carbons (Fsp3) is 0.778. The van der Waals surface area contributed by atoms with Gasteiger partial charge in [0.2, 0.25) is 5.91 Å². The molecule has 0 aromatic rings. The van der Waals surface area contributed by atoms with Gasteiger partial charge < -0.3 is 0 Å². The molecule has 0 unspecified atom stereocenters. The topological polar surface area (TPSA) is 59.1 Å². The summed E-state index contributed by atoms with van der Waals surface area (Å²) in [6, 6.07) is -0.0925.